The molecule has 0 bridgehead atoms. The molecule has 0 amide bonds. The van der Waals surface area contributed by atoms with Gasteiger partial charge < -0.3 is 15.2 Å². The Hall–Kier alpha value is -0.750. The summed E-state index contributed by atoms with van der Waals surface area (Å²) in [6, 6.07) is 7.80. The van der Waals surface area contributed by atoms with Crippen molar-refractivity contribution in [3.05, 3.63) is 29.8 Å². The van der Waals surface area contributed by atoms with Crippen LogP contribution in [-0.2, 0) is 4.74 Å². The maximum absolute atomic E-state index is 9.64. The number of benzene rings is 1. The van der Waals surface area contributed by atoms with E-state index >= 15 is 0 Å². The van der Waals surface area contributed by atoms with Crippen LogP contribution in [0.4, 0.5) is 0 Å². The Morgan fingerprint density at radius 1 is 1.41 bits per heavy atom. The molecule has 2 aliphatic rings. The van der Waals surface area contributed by atoms with Gasteiger partial charge >= 0.3 is 0 Å². The van der Waals surface area contributed by atoms with E-state index in [1.54, 1.807) is 6.07 Å². The van der Waals surface area contributed by atoms with E-state index in [-0.39, 0.29) is 11.6 Å². The van der Waals surface area contributed by atoms with Crippen LogP contribution in [0.25, 0.3) is 0 Å². The van der Waals surface area contributed by atoms with Gasteiger partial charge in [-0.1, -0.05) is 12.1 Å². The zero-order valence-corrected chi connectivity index (χ0v) is 14.1. The van der Waals surface area contributed by atoms with Gasteiger partial charge in [0.25, 0.3) is 0 Å². The number of phenols is 1. The minimum absolute atomic E-state index is 0.246. The van der Waals surface area contributed by atoms with Crippen molar-refractivity contribution in [2.45, 2.75) is 24.9 Å². The Labute approximate surface area is 137 Å². The summed E-state index contributed by atoms with van der Waals surface area (Å²) in [5, 5.41) is 13.3. The van der Waals surface area contributed by atoms with Gasteiger partial charge in [0.15, 0.2) is 0 Å². The molecule has 0 saturated carbocycles. The van der Waals surface area contributed by atoms with Gasteiger partial charge in [0.2, 0.25) is 0 Å². The molecule has 3 rings (SSSR count). The van der Waals surface area contributed by atoms with Crippen molar-refractivity contribution in [1.29, 1.82) is 0 Å². The number of ether oxygens (including phenoxy) is 1. The van der Waals surface area contributed by atoms with Gasteiger partial charge in [-0.15, -0.1) is 0 Å². The quantitative estimate of drug-likeness (QED) is 0.870. The zero-order chi connectivity index (χ0) is 15.4. The van der Waals surface area contributed by atoms with Crippen LogP contribution in [0.2, 0.25) is 0 Å². The van der Waals surface area contributed by atoms with Crippen molar-refractivity contribution < 1.29 is 9.84 Å². The van der Waals surface area contributed by atoms with E-state index in [1.807, 2.05) is 12.1 Å². The molecule has 2 heterocycles. The van der Waals surface area contributed by atoms with Crippen molar-refractivity contribution in [3.63, 3.8) is 0 Å². The Balaban J connectivity index is 1.64. The summed E-state index contributed by atoms with van der Waals surface area (Å²) in [5.41, 5.74) is 1.40. The lowest BCUT2D eigenvalue weighted by molar-refractivity contribution is -0.0139. The highest BCUT2D eigenvalue weighted by Gasteiger charge is 2.40. The molecule has 0 spiro atoms. The summed E-state index contributed by atoms with van der Waals surface area (Å²) < 4.78 is 5.52. The molecule has 0 radical (unpaired) electrons. The van der Waals surface area contributed by atoms with Crippen LogP contribution in [0.5, 0.6) is 5.75 Å². The van der Waals surface area contributed by atoms with Gasteiger partial charge in [-0.3, -0.25) is 4.90 Å². The van der Waals surface area contributed by atoms with E-state index in [1.165, 1.54) is 17.9 Å². The molecule has 0 aliphatic carbocycles. The molecule has 2 saturated heterocycles. The van der Waals surface area contributed by atoms with Crippen LogP contribution in [0.1, 0.15) is 24.9 Å². The van der Waals surface area contributed by atoms with Gasteiger partial charge in [0.05, 0.1) is 13.2 Å². The smallest absolute Gasteiger partial charge is 0.115 e. The van der Waals surface area contributed by atoms with E-state index in [2.05, 4.69) is 35.0 Å². The van der Waals surface area contributed by atoms with Gasteiger partial charge in [-0.05, 0) is 36.8 Å². The summed E-state index contributed by atoms with van der Waals surface area (Å²) in [7, 11) is 0. The number of nitrogens with zero attached hydrogens (tertiary/aromatic N) is 1. The highest BCUT2D eigenvalue weighted by molar-refractivity contribution is 7.99. The van der Waals surface area contributed by atoms with Crippen molar-refractivity contribution in [2.24, 2.45) is 0 Å². The standard InChI is InChI=1S/C17H26N2O2S/c1-14(15-3-2-4-16(20)11-15)18-12-17(5-10-22-13-17)19-6-8-21-9-7-19/h2-4,11,14,18,20H,5-10,12-13H2,1H3/t14-,17-/m0/s1. The number of aromatic hydroxyl groups is 1. The molecule has 2 fully saturated rings. The Kier molecular flexibility index (Phi) is 5.29. The lowest BCUT2D eigenvalue weighted by atomic mass is 9.94. The van der Waals surface area contributed by atoms with Crippen molar-refractivity contribution in [2.75, 3.05) is 44.4 Å². The first-order valence-electron chi connectivity index (χ1n) is 8.12. The molecule has 2 N–H and O–H groups in total. The van der Waals surface area contributed by atoms with Crippen molar-refractivity contribution in [1.82, 2.24) is 10.2 Å². The second-order valence-electron chi connectivity index (χ2n) is 6.32. The van der Waals surface area contributed by atoms with Gasteiger partial charge in [-0.2, -0.15) is 11.8 Å². The van der Waals surface area contributed by atoms with E-state index in [0.29, 0.717) is 5.75 Å². The monoisotopic (exact) mass is 322 g/mol. The molecule has 0 aromatic heterocycles. The maximum Gasteiger partial charge on any atom is 0.115 e. The van der Waals surface area contributed by atoms with Crippen LogP contribution >= 0.6 is 11.8 Å². The fraction of sp³-hybridized carbons (Fsp3) is 0.647. The van der Waals surface area contributed by atoms with Gasteiger partial charge in [-0.25, -0.2) is 0 Å². The maximum atomic E-state index is 9.64. The third-order valence-corrected chi connectivity index (χ3v) is 6.11. The summed E-state index contributed by atoms with van der Waals surface area (Å²) in [6.45, 7) is 6.97. The number of nitrogens with one attached hydrogen (secondary N) is 1. The lowest BCUT2D eigenvalue weighted by Crippen LogP contribution is -2.58. The van der Waals surface area contributed by atoms with Crippen LogP contribution in [-0.4, -0.2) is 59.9 Å². The molecule has 2 aliphatic heterocycles. The molecule has 122 valence electrons. The topological polar surface area (TPSA) is 44.7 Å². The van der Waals surface area contributed by atoms with Crippen LogP contribution < -0.4 is 5.32 Å². The SMILES string of the molecule is C[C@H](NC[C@@]1(N2CCOCC2)CCSC1)c1cccc(O)c1. The molecule has 0 unspecified atom stereocenters. The number of thioether (sulfide) groups is 1. The minimum atomic E-state index is 0.246. The molecular weight excluding hydrogens is 296 g/mol. The highest BCUT2D eigenvalue weighted by atomic mass is 32.2. The van der Waals surface area contributed by atoms with Crippen LogP contribution in [0.3, 0.4) is 0 Å². The molecule has 2 atom stereocenters. The molecule has 1 aromatic carbocycles. The average Bonchev–Trinajstić information content (AvgIpc) is 3.04. The van der Waals surface area contributed by atoms with E-state index in [4.69, 9.17) is 4.74 Å². The van der Waals surface area contributed by atoms with E-state index < -0.39 is 0 Å². The van der Waals surface area contributed by atoms with E-state index in [9.17, 15) is 5.11 Å². The number of hydrogen-bond donors (Lipinski definition) is 2. The number of phenolic OH excluding ortho intramolecular Hbond substituents is 1. The second-order valence-corrected chi connectivity index (χ2v) is 7.43. The zero-order valence-electron chi connectivity index (χ0n) is 13.3. The minimum Gasteiger partial charge on any atom is -0.508 e. The molecule has 5 heteroatoms. The number of hydrogen-bond acceptors (Lipinski definition) is 5. The fourth-order valence-corrected chi connectivity index (χ4v) is 4.87. The van der Waals surface area contributed by atoms with Crippen LogP contribution in [0, 0.1) is 0 Å². The Morgan fingerprint density at radius 2 is 2.23 bits per heavy atom. The first-order chi connectivity index (χ1) is 10.7. The third kappa shape index (κ3) is 3.59. The Morgan fingerprint density at radius 3 is 2.91 bits per heavy atom. The second kappa shape index (κ2) is 7.21. The number of rotatable bonds is 5. The summed E-state index contributed by atoms with van der Waals surface area (Å²) >= 11 is 2.06. The van der Waals surface area contributed by atoms with Gasteiger partial charge in [0.1, 0.15) is 5.75 Å². The number of morpholine rings is 1. The largest absolute Gasteiger partial charge is 0.508 e. The third-order valence-electron chi connectivity index (χ3n) is 4.87. The van der Waals surface area contributed by atoms with Crippen molar-refractivity contribution >= 4 is 11.8 Å². The summed E-state index contributed by atoms with van der Waals surface area (Å²) in [4.78, 5) is 2.62. The molecule has 22 heavy (non-hydrogen) atoms. The summed E-state index contributed by atoms with van der Waals surface area (Å²) in [6.07, 6.45) is 1.25. The average molecular weight is 322 g/mol. The molecule has 1 aromatic rings. The normalized spacial score (nSPS) is 27.9. The first kappa shape index (κ1) is 16.1. The Bertz CT molecular complexity index is 485. The fourth-order valence-electron chi connectivity index (χ4n) is 3.39. The summed E-state index contributed by atoms with van der Waals surface area (Å²) in [5.74, 6) is 2.79. The highest BCUT2D eigenvalue weighted by Crippen LogP contribution is 2.34. The van der Waals surface area contributed by atoms with Crippen molar-refractivity contribution in [3.8, 4) is 5.75 Å². The predicted octanol–water partition coefficient (Wildman–Crippen LogP) is 2.25. The predicted molar refractivity (Wildman–Crippen MR) is 91.6 cm³/mol. The van der Waals surface area contributed by atoms with Gasteiger partial charge in [0, 0.05) is 37.0 Å². The lowest BCUT2D eigenvalue weighted by Gasteiger charge is -2.43. The van der Waals surface area contributed by atoms with E-state index in [0.717, 1.165) is 38.4 Å². The molecule has 4 nitrogen and oxygen atoms in total. The molecular formula is C17H26N2O2S. The first-order valence-corrected chi connectivity index (χ1v) is 9.28. The van der Waals surface area contributed by atoms with Crippen LogP contribution in [0.15, 0.2) is 24.3 Å².